The summed E-state index contributed by atoms with van der Waals surface area (Å²) in [6.07, 6.45) is 4.26. The summed E-state index contributed by atoms with van der Waals surface area (Å²) in [7, 11) is 0. The third-order valence-electron chi connectivity index (χ3n) is 6.62. The molecule has 28 heavy (non-hydrogen) atoms. The summed E-state index contributed by atoms with van der Waals surface area (Å²) in [4.78, 5) is 24.9. The molecule has 1 aromatic carbocycles. The number of hydrazone groups is 1. The van der Waals surface area contributed by atoms with Crippen LogP contribution in [-0.2, 0) is 9.59 Å². The van der Waals surface area contributed by atoms with Gasteiger partial charge in [0.1, 0.15) is 0 Å². The highest BCUT2D eigenvalue weighted by molar-refractivity contribution is 6.04. The van der Waals surface area contributed by atoms with Gasteiger partial charge in [-0.2, -0.15) is 5.10 Å². The van der Waals surface area contributed by atoms with Gasteiger partial charge < -0.3 is 10.6 Å². The van der Waals surface area contributed by atoms with Crippen LogP contribution < -0.4 is 10.6 Å². The Morgan fingerprint density at radius 1 is 1.21 bits per heavy atom. The number of rotatable bonds is 5. The zero-order valence-electron chi connectivity index (χ0n) is 16.4. The van der Waals surface area contributed by atoms with Crippen LogP contribution in [0.4, 0.5) is 0 Å². The number of nitrogens with one attached hydrogen (secondary N) is 2. The second kappa shape index (κ2) is 8.21. The Balaban J connectivity index is 0.00000225. The third kappa shape index (κ3) is 3.80. The van der Waals surface area contributed by atoms with E-state index in [0.29, 0.717) is 25.9 Å². The van der Waals surface area contributed by atoms with E-state index in [9.17, 15) is 9.59 Å². The Kier molecular flexibility index (Phi) is 6.10. The maximum Gasteiger partial charge on any atom is 0.243 e. The summed E-state index contributed by atoms with van der Waals surface area (Å²) in [6, 6.07) is 9.96. The third-order valence-corrected chi connectivity index (χ3v) is 6.62. The molecule has 2 N–H and O–H groups in total. The van der Waals surface area contributed by atoms with Crippen molar-refractivity contribution in [2.45, 2.75) is 39.0 Å². The molecule has 2 fully saturated rings. The van der Waals surface area contributed by atoms with Crippen LogP contribution in [0, 0.1) is 10.8 Å². The molecule has 1 aliphatic carbocycles. The summed E-state index contributed by atoms with van der Waals surface area (Å²) in [6.45, 7) is 4.96. The second-order valence-corrected chi connectivity index (χ2v) is 8.22. The Morgan fingerprint density at radius 3 is 2.64 bits per heavy atom. The van der Waals surface area contributed by atoms with E-state index in [2.05, 4.69) is 22.7 Å². The predicted molar refractivity (Wildman–Crippen MR) is 111 cm³/mol. The van der Waals surface area contributed by atoms with Crippen molar-refractivity contribution >= 4 is 29.9 Å². The highest BCUT2D eigenvalue weighted by atomic mass is 35.5. The number of hydrogen-bond acceptors (Lipinski definition) is 4. The van der Waals surface area contributed by atoms with Gasteiger partial charge in [0.05, 0.1) is 17.7 Å². The molecule has 1 unspecified atom stereocenters. The standard InChI is InChI=1S/C21H28N4O2.ClH/c1-20(15-21(20)9-11-22-12-10-21)19(27)23-13-14-25-18(26)8-7-17(24-25)16-5-3-2-4-6-16;/h2-6,22H,7-15H2,1H3,(H,23,27);1H. The minimum Gasteiger partial charge on any atom is -0.354 e. The molecule has 1 spiro atoms. The van der Waals surface area contributed by atoms with Crippen molar-refractivity contribution in [3.05, 3.63) is 35.9 Å². The van der Waals surface area contributed by atoms with Crippen LogP contribution in [0.2, 0.25) is 0 Å². The quantitative estimate of drug-likeness (QED) is 0.791. The summed E-state index contributed by atoms with van der Waals surface area (Å²) < 4.78 is 0. The van der Waals surface area contributed by atoms with Crippen LogP contribution in [0.25, 0.3) is 0 Å². The second-order valence-electron chi connectivity index (χ2n) is 8.22. The number of halogens is 1. The molecule has 4 rings (SSSR count). The van der Waals surface area contributed by atoms with E-state index in [-0.39, 0.29) is 35.1 Å². The Morgan fingerprint density at radius 2 is 1.93 bits per heavy atom. The number of carbonyl (C=O) groups is 2. The molecule has 1 saturated heterocycles. The minimum absolute atomic E-state index is 0. The molecular weight excluding hydrogens is 376 g/mol. The van der Waals surface area contributed by atoms with Crippen LogP contribution in [-0.4, -0.2) is 48.7 Å². The van der Waals surface area contributed by atoms with E-state index in [1.54, 1.807) is 0 Å². The van der Waals surface area contributed by atoms with E-state index in [0.717, 1.165) is 43.6 Å². The molecule has 3 aliphatic rings. The van der Waals surface area contributed by atoms with Crippen molar-refractivity contribution < 1.29 is 9.59 Å². The van der Waals surface area contributed by atoms with Gasteiger partial charge in [-0.1, -0.05) is 37.3 Å². The normalized spacial score (nSPS) is 25.7. The molecule has 1 saturated carbocycles. The highest BCUT2D eigenvalue weighted by Crippen LogP contribution is 2.68. The lowest BCUT2D eigenvalue weighted by molar-refractivity contribution is -0.132. The van der Waals surface area contributed by atoms with Crippen LogP contribution >= 0.6 is 12.4 Å². The smallest absolute Gasteiger partial charge is 0.243 e. The number of carbonyl (C=O) groups excluding carboxylic acids is 2. The van der Waals surface area contributed by atoms with E-state index in [4.69, 9.17) is 0 Å². The van der Waals surface area contributed by atoms with Gasteiger partial charge in [-0.15, -0.1) is 12.4 Å². The molecule has 2 aliphatic heterocycles. The van der Waals surface area contributed by atoms with Gasteiger partial charge in [-0.3, -0.25) is 9.59 Å². The lowest BCUT2D eigenvalue weighted by Crippen LogP contribution is -2.42. The van der Waals surface area contributed by atoms with Gasteiger partial charge in [0.15, 0.2) is 0 Å². The molecule has 2 heterocycles. The summed E-state index contributed by atoms with van der Waals surface area (Å²) >= 11 is 0. The summed E-state index contributed by atoms with van der Waals surface area (Å²) in [5.74, 6) is 0.150. The average molecular weight is 405 g/mol. The Hall–Kier alpha value is -1.92. The molecule has 7 heteroatoms. The molecule has 6 nitrogen and oxygen atoms in total. The minimum atomic E-state index is -0.251. The van der Waals surface area contributed by atoms with Crippen molar-refractivity contribution in [3.63, 3.8) is 0 Å². The monoisotopic (exact) mass is 404 g/mol. The Labute approximate surface area is 172 Å². The number of nitrogens with zero attached hydrogens (tertiary/aromatic N) is 2. The molecule has 152 valence electrons. The van der Waals surface area contributed by atoms with Crippen molar-refractivity contribution in [2.75, 3.05) is 26.2 Å². The van der Waals surface area contributed by atoms with Gasteiger partial charge in [-0.05, 0) is 43.3 Å². The number of benzene rings is 1. The zero-order chi connectivity index (χ0) is 18.9. The van der Waals surface area contributed by atoms with Gasteiger partial charge in [0, 0.05) is 19.4 Å². The van der Waals surface area contributed by atoms with Gasteiger partial charge >= 0.3 is 0 Å². The zero-order valence-corrected chi connectivity index (χ0v) is 17.2. The molecule has 0 bridgehead atoms. The van der Waals surface area contributed by atoms with Crippen molar-refractivity contribution in [1.29, 1.82) is 0 Å². The summed E-state index contributed by atoms with van der Waals surface area (Å²) in [5, 5.41) is 12.5. The first kappa shape index (κ1) is 20.8. The van der Waals surface area contributed by atoms with Crippen LogP contribution in [0.3, 0.4) is 0 Å². The predicted octanol–water partition coefficient (Wildman–Crippen LogP) is 2.33. The van der Waals surface area contributed by atoms with E-state index >= 15 is 0 Å². The first-order valence-corrected chi connectivity index (χ1v) is 9.96. The maximum absolute atomic E-state index is 12.7. The lowest BCUT2D eigenvalue weighted by Gasteiger charge is -2.27. The van der Waals surface area contributed by atoms with Gasteiger partial charge in [-0.25, -0.2) is 5.01 Å². The highest BCUT2D eigenvalue weighted by Gasteiger charge is 2.67. The largest absolute Gasteiger partial charge is 0.354 e. The average Bonchev–Trinajstić information content (AvgIpc) is 3.28. The number of amides is 2. The van der Waals surface area contributed by atoms with Crippen LogP contribution in [0.5, 0.6) is 0 Å². The van der Waals surface area contributed by atoms with E-state index in [1.165, 1.54) is 5.01 Å². The molecule has 0 aromatic heterocycles. The molecule has 2 amide bonds. The lowest BCUT2D eigenvalue weighted by atomic mass is 9.85. The van der Waals surface area contributed by atoms with E-state index in [1.807, 2.05) is 30.3 Å². The number of hydrogen-bond donors (Lipinski definition) is 2. The first-order chi connectivity index (χ1) is 13.0. The molecule has 1 aromatic rings. The van der Waals surface area contributed by atoms with Crippen molar-refractivity contribution in [3.8, 4) is 0 Å². The fraction of sp³-hybridized carbons (Fsp3) is 0.571. The Bertz CT molecular complexity index is 761. The van der Waals surface area contributed by atoms with Gasteiger partial charge in [0.25, 0.3) is 0 Å². The molecule has 1 atom stereocenters. The van der Waals surface area contributed by atoms with Crippen molar-refractivity contribution in [1.82, 2.24) is 15.6 Å². The van der Waals surface area contributed by atoms with Crippen LogP contribution in [0.15, 0.2) is 35.4 Å². The SMILES string of the molecule is CC1(C(=O)NCCN2N=C(c3ccccc3)CCC2=O)CC12CCNCC2.Cl. The summed E-state index contributed by atoms with van der Waals surface area (Å²) in [5.41, 5.74) is 1.92. The topological polar surface area (TPSA) is 73.8 Å². The number of piperidine rings is 1. The molecular formula is C21H29ClN4O2. The van der Waals surface area contributed by atoms with E-state index < -0.39 is 0 Å². The fourth-order valence-corrected chi connectivity index (χ4v) is 4.67. The van der Waals surface area contributed by atoms with Crippen LogP contribution in [0.1, 0.15) is 44.6 Å². The maximum atomic E-state index is 12.7. The first-order valence-electron chi connectivity index (χ1n) is 9.96. The van der Waals surface area contributed by atoms with Crippen molar-refractivity contribution in [2.24, 2.45) is 15.9 Å². The van der Waals surface area contributed by atoms with Gasteiger partial charge in [0.2, 0.25) is 11.8 Å². The fourth-order valence-electron chi connectivity index (χ4n) is 4.67. The molecule has 0 radical (unpaired) electrons.